The highest BCUT2D eigenvalue weighted by molar-refractivity contribution is 9.10. The van der Waals surface area contributed by atoms with Crippen LogP contribution in [0.1, 0.15) is 40.1 Å². The summed E-state index contributed by atoms with van der Waals surface area (Å²) in [6, 6.07) is 5.16. The first-order valence-electron chi connectivity index (χ1n) is 5.43. The normalized spacial score (nSPS) is 12.0. The van der Waals surface area contributed by atoms with E-state index in [2.05, 4.69) is 15.9 Å². The molecular weight excluding hydrogens is 284 g/mol. The maximum atomic E-state index is 11.9. The highest BCUT2D eigenvalue weighted by Gasteiger charge is 2.20. The van der Waals surface area contributed by atoms with Crippen LogP contribution < -0.4 is 0 Å². The fraction of sp³-hybridized carbons (Fsp3) is 0.385. The molecule has 0 heterocycles. The number of Topliss-reactive ketones (excluding diaryl/α,β-unsaturated/α-hetero) is 1. The van der Waals surface area contributed by atoms with Gasteiger partial charge < -0.3 is 4.74 Å². The average molecular weight is 299 g/mol. The van der Waals surface area contributed by atoms with Gasteiger partial charge in [0.2, 0.25) is 0 Å². The highest BCUT2D eigenvalue weighted by Crippen LogP contribution is 2.17. The number of hydrogen-bond acceptors (Lipinski definition) is 3. The van der Waals surface area contributed by atoms with E-state index in [-0.39, 0.29) is 10.6 Å². The van der Waals surface area contributed by atoms with Crippen molar-refractivity contribution in [2.75, 3.05) is 6.61 Å². The minimum atomic E-state index is -0.451. The number of carbonyl (C=O) groups is 2. The molecule has 1 atom stereocenters. The zero-order chi connectivity index (χ0) is 13.0. The van der Waals surface area contributed by atoms with Crippen molar-refractivity contribution in [3.63, 3.8) is 0 Å². The largest absolute Gasteiger partial charge is 0.462 e. The monoisotopic (exact) mass is 298 g/mol. The third-order valence-electron chi connectivity index (χ3n) is 2.30. The molecular formula is C13H15BrO3. The zero-order valence-electron chi connectivity index (χ0n) is 10.1. The van der Waals surface area contributed by atoms with Gasteiger partial charge in [-0.1, -0.05) is 33.6 Å². The Morgan fingerprint density at radius 3 is 2.53 bits per heavy atom. The first kappa shape index (κ1) is 13.9. The lowest BCUT2D eigenvalue weighted by molar-refractivity contribution is 0.0523. The summed E-state index contributed by atoms with van der Waals surface area (Å²) >= 11 is 3.22. The second-order valence-corrected chi connectivity index (χ2v) is 5.12. The first-order chi connectivity index (χ1) is 7.97. The van der Waals surface area contributed by atoms with Crippen molar-refractivity contribution in [2.24, 2.45) is 0 Å². The van der Waals surface area contributed by atoms with Crippen LogP contribution in [0.25, 0.3) is 0 Å². The van der Waals surface area contributed by atoms with Crippen LogP contribution in [0.2, 0.25) is 0 Å². The fourth-order valence-corrected chi connectivity index (χ4v) is 1.71. The number of ketones is 1. The molecule has 0 fully saturated rings. The lowest BCUT2D eigenvalue weighted by Gasteiger charge is -2.10. The Labute approximate surface area is 109 Å². The molecule has 0 aliphatic rings. The average Bonchev–Trinajstić information content (AvgIpc) is 2.28. The smallest absolute Gasteiger partial charge is 0.338 e. The fourth-order valence-electron chi connectivity index (χ4n) is 1.46. The molecule has 3 nitrogen and oxygen atoms in total. The van der Waals surface area contributed by atoms with Gasteiger partial charge in [0.05, 0.1) is 17.0 Å². The Balaban J connectivity index is 3.21. The molecule has 1 aromatic carbocycles. The molecule has 0 saturated carbocycles. The summed E-state index contributed by atoms with van der Waals surface area (Å²) in [5.41, 5.74) is 1.66. The number of ether oxygens (including phenoxy) is 1. The molecule has 0 aliphatic heterocycles. The highest BCUT2D eigenvalue weighted by atomic mass is 79.9. The maximum Gasteiger partial charge on any atom is 0.338 e. The van der Waals surface area contributed by atoms with E-state index in [1.54, 1.807) is 26.0 Å². The third kappa shape index (κ3) is 3.40. The summed E-state index contributed by atoms with van der Waals surface area (Å²) in [6.45, 7) is 5.64. The van der Waals surface area contributed by atoms with Crippen molar-refractivity contribution in [1.82, 2.24) is 0 Å². The van der Waals surface area contributed by atoms with Gasteiger partial charge in [-0.2, -0.15) is 0 Å². The van der Waals surface area contributed by atoms with Crippen LogP contribution in [0, 0.1) is 6.92 Å². The van der Waals surface area contributed by atoms with Crippen molar-refractivity contribution in [3.05, 3.63) is 34.9 Å². The summed E-state index contributed by atoms with van der Waals surface area (Å²) in [7, 11) is 0. The lowest BCUT2D eigenvalue weighted by atomic mass is 10.00. The van der Waals surface area contributed by atoms with E-state index in [4.69, 9.17) is 4.74 Å². The summed E-state index contributed by atoms with van der Waals surface area (Å²) in [6.07, 6.45) is 0. The number of rotatable bonds is 4. The van der Waals surface area contributed by atoms with E-state index in [1.807, 2.05) is 13.0 Å². The molecule has 0 radical (unpaired) electrons. The van der Waals surface area contributed by atoms with E-state index in [0.29, 0.717) is 17.7 Å². The summed E-state index contributed by atoms with van der Waals surface area (Å²) in [5.74, 6) is -0.569. The standard InChI is InChI=1S/C13H15BrO3/c1-4-17-13(16)11-7-8(2)5-6-10(11)12(15)9(3)14/h5-7,9H,4H2,1-3H3. The van der Waals surface area contributed by atoms with Crippen LogP contribution in [0.3, 0.4) is 0 Å². The predicted molar refractivity (Wildman–Crippen MR) is 69.9 cm³/mol. The SMILES string of the molecule is CCOC(=O)c1cc(C)ccc1C(=O)C(C)Br. The molecule has 0 spiro atoms. The number of esters is 1. The topological polar surface area (TPSA) is 43.4 Å². The number of carbonyl (C=O) groups excluding carboxylic acids is 2. The molecule has 92 valence electrons. The van der Waals surface area contributed by atoms with Crippen LogP contribution in [0.15, 0.2) is 18.2 Å². The maximum absolute atomic E-state index is 11.9. The van der Waals surface area contributed by atoms with E-state index in [0.717, 1.165) is 5.56 Å². The Morgan fingerprint density at radius 2 is 2.00 bits per heavy atom. The van der Waals surface area contributed by atoms with E-state index >= 15 is 0 Å². The molecule has 0 aliphatic carbocycles. The van der Waals surface area contributed by atoms with E-state index in [1.165, 1.54) is 0 Å². The quantitative estimate of drug-likeness (QED) is 0.487. The molecule has 4 heteroatoms. The lowest BCUT2D eigenvalue weighted by Crippen LogP contribution is -2.17. The van der Waals surface area contributed by atoms with Gasteiger partial charge in [0.1, 0.15) is 0 Å². The van der Waals surface area contributed by atoms with E-state index < -0.39 is 5.97 Å². The van der Waals surface area contributed by atoms with Gasteiger partial charge in [-0.3, -0.25) is 4.79 Å². The van der Waals surface area contributed by atoms with Gasteiger partial charge in [-0.15, -0.1) is 0 Å². The number of benzene rings is 1. The minimum absolute atomic E-state index is 0.118. The van der Waals surface area contributed by atoms with Crippen LogP contribution >= 0.6 is 15.9 Å². The second-order valence-electron chi connectivity index (χ2n) is 3.75. The Morgan fingerprint density at radius 1 is 1.35 bits per heavy atom. The van der Waals surface area contributed by atoms with Gasteiger partial charge >= 0.3 is 5.97 Å². The van der Waals surface area contributed by atoms with Crippen LogP contribution in [-0.4, -0.2) is 23.2 Å². The number of alkyl halides is 1. The van der Waals surface area contributed by atoms with Crippen LogP contribution in [0.5, 0.6) is 0 Å². The van der Waals surface area contributed by atoms with Crippen LogP contribution in [-0.2, 0) is 4.74 Å². The molecule has 1 unspecified atom stereocenters. The van der Waals surface area contributed by atoms with Crippen LogP contribution in [0.4, 0.5) is 0 Å². The van der Waals surface area contributed by atoms with Gasteiger partial charge in [0, 0.05) is 5.56 Å². The molecule has 17 heavy (non-hydrogen) atoms. The van der Waals surface area contributed by atoms with Crippen molar-refractivity contribution in [2.45, 2.75) is 25.6 Å². The van der Waals surface area contributed by atoms with Crippen molar-refractivity contribution < 1.29 is 14.3 Å². The molecule has 1 aromatic rings. The van der Waals surface area contributed by atoms with Gasteiger partial charge in [-0.25, -0.2) is 4.79 Å². The van der Waals surface area contributed by atoms with Gasteiger partial charge in [0.15, 0.2) is 5.78 Å². The predicted octanol–water partition coefficient (Wildman–Crippen LogP) is 3.14. The minimum Gasteiger partial charge on any atom is -0.462 e. The third-order valence-corrected chi connectivity index (χ3v) is 2.71. The Hall–Kier alpha value is -1.16. The van der Waals surface area contributed by atoms with Crippen molar-refractivity contribution in [1.29, 1.82) is 0 Å². The molecule has 0 N–H and O–H groups in total. The number of halogens is 1. The second kappa shape index (κ2) is 5.96. The molecule has 0 saturated heterocycles. The molecule has 0 aromatic heterocycles. The number of hydrogen-bond donors (Lipinski definition) is 0. The summed E-state index contributed by atoms with van der Waals surface area (Å²) in [4.78, 5) is 23.4. The first-order valence-corrected chi connectivity index (χ1v) is 6.35. The van der Waals surface area contributed by atoms with Crippen molar-refractivity contribution >= 4 is 27.7 Å². The number of aryl methyl sites for hydroxylation is 1. The summed E-state index contributed by atoms with van der Waals surface area (Å²) < 4.78 is 4.95. The van der Waals surface area contributed by atoms with Gasteiger partial charge in [-0.05, 0) is 26.8 Å². The van der Waals surface area contributed by atoms with Crippen molar-refractivity contribution in [3.8, 4) is 0 Å². The van der Waals surface area contributed by atoms with E-state index in [9.17, 15) is 9.59 Å². The summed E-state index contributed by atoms with van der Waals surface area (Å²) in [5, 5.41) is 0. The van der Waals surface area contributed by atoms with Gasteiger partial charge in [0.25, 0.3) is 0 Å². The zero-order valence-corrected chi connectivity index (χ0v) is 11.7. The molecule has 0 bridgehead atoms. The Kier molecular flexibility index (Phi) is 4.87. The molecule has 0 amide bonds. The molecule has 1 rings (SSSR count). The Bertz CT molecular complexity index is 438.